The van der Waals surface area contributed by atoms with Crippen molar-refractivity contribution in [2.24, 2.45) is 5.92 Å². The van der Waals surface area contributed by atoms with Crippen LogP contribution in [0.3, 0.4) is 0 Å². The van der Waals surface area contributed by atoms with E-state index in [0.717, 1.165) is 24.9 Å². The molecule has 0 radical (unpaired) electrons. The van der Waals surface area contributed by atoms with Crippen LogP contribution in [0.25, 0.3) is 0 Å². The SMILES string of the molecule is CO[C@@H]1CCN(C(=O)c2cc(C)ccn2)C[C@@H]1Cc1ccccc1.O=C(O)C(F)(F)F. The summed E-state index contributed by atoms with van der Waals surface area (Å²) >= 11 is 0. The number of rotatable bonds is 4. The van der Waals surface area contributed by atoms with Crippen molar-refractivity contribution in [3.05, 3.63) is 65.5 Å². The molecule has 2 aromatic rings. The summed E-state index contributed by atoms with van der Waals surface area (Å²) in [6.45, 7) is 3.41. The minimum Gasteiger partial charge on any atom is -0.475 e. The third kappa shape index (κ3) is 7.36. The Hall–Kier alpha value is -2.94. The van der Waals surface area contributed by atoms with Crippen LogP contribution < -0.4 is 0 Å². The van der Waals surface area contributed by atoms with Gasteiger partial charge in [0.2, 0.25) is 0 Å². The number of aryl methyl sites for hydroxylation is 1. The van der Waals surface area contributed by atoms with Gasteiger partial charge in [0.15, 0.2) is 0 Å². The molecule has 1 fully saturated rings. The smallest absolute Gasteiger partial charge is 0.475 e. The van der Waals surface area contributed by atoms with E-state index < -0.39 is 12.1 Å². The molecule has 0 aliphatic carbocycles. The van der Waals surface area contributed by atoms with Crippen LogP contribution in [0.15, 0.2) is 48.7 Å². The van der Waals surface area contributed by atoms with E-state index in [-0.39, 0.29) is 12.0 Å². The summed E-state index contributed by atoms with van der Waals surface area (Å²) in [7, 11) is 1.77. The number of likely N-dealkylation sites (tertiary alicyclic amines) is 1. The molecule has 1 amide bonds. The first kappa shape index (κ1) is 24.3. The van der Waals surface area contributed by atoms with Gasteiger partial charge in [-0.25, -0.2) is 4.79 Å². The summed E-state index contributed by atoms with van der Waals surface area (Å²) in [6.07, 6.45) is -1.40. The van der Waals surface area contributed by atoms with Crippen molar-refractivity contribution in [3.8, 4) is 0 Å². The Bertz CT molecular complexity index is 875. The number of carbonyl (C=O) groups excluding carboxylic acids is 1. The molecule has 0 spiro atoms. The molecule has 2 atom stereocenters. The normalized spacial score (nSPS) is 18.7. The number of carboxylic acid groups (broad SMARTS) is 1. The first-order chi connectivity index (χ1) is 14.6. The number of piperidine rings is 1. The molecule has 1 aliphatic rings. The molecule has 6 nitrogen and oxygen atoms in total. The molecule has 1 aromatic heterocycles. The Kier molecular flexibility index (Phi) is 8.56. The molecule has 9 heteroatoms. The van der Waals surface area contributed by atoms with Crippen LogP contribution >= 0.6 is 0 Å². The standard InChI is InChI=1S/C20H24N2O2.C2HF3O2/c1-15-8-10-21-18(12-15)20(23)22-11-9-19(24-2)17(14-22)13-16-6-4-3-5-7-16;3-2(4,5)1(6)7/h3-8,10,12,17,19H,9,11,13-14H2,1-2H3;(H,6,7)/t17-,19+;/m0./s1. The highest BCUT2D eigenvalue weighted by molar-refractivity contribution is 5.92. The van der Waals surface area contributed by atoms with E-state index in [4.69, 9.17) is 14.6 Å². The molecular formula is C22H25F3N2O4. The fourth-order valence-electron chi connectivity index (χ4n) is 3.43. The van der Waals surface area contributed by atoms with Crippen LogP contribution in [-0.4, -0.2) is 59.3 Å². The number of amides is 1. The van der Waals surface area contributed by atoms with Gasteiger partial charge in [0.05, 0.1) is 6.10 Å². The number of halogens is 3. The molecular weight excluding hydrogens is 413 g/mol. The van der Waals surface area contributed by atoms with Crippen LogP contribution in [0.4, 0.5) is 13.2 Å². The van der Waals surface area contributed by atoms with Gasteiger partial charge in [-0.1, -0.05) is 30.3 Å². The van der Waals surface area contributed by atoms with Gasteiger partial charge in [0.1, 0.15) is 5.69 Å². The maximum atomic E-state index is 12.8. The zero-order chi connectivity index (χ0) is 23.0. The molecule has 2 heterocycles. The van der Waals surface area contributed by atoms with E-state index in [2.05, 4.69) is 29.2 Å². The molecule has 1 aromatic carbocycles. The number of hydrogen-bond acceptors (Lipinski definition) is 4. The topological polar surface area (TPSA) is 79.7 Å². The van der Waals surface area contributed by atoms with Gasteiger partial charge in [-0.2, -0.15) is 13.2 Å². The Morgan fingerprint density at radius 3 is 2.42 bits per heavy atom. The molecule has 0 bridgehead atoms. The van der Waals surface area contributed by atoms with Crippen LogP contribution in [0.1, 0.15) is 28.0 Å². The van der Waals surface area contributed by atoms with Gasteiger partial charge >= 0.3 is 12.1 Å². The van der Waals surface area contributed by atoms with Crippen LogP contribution in [0.2, 0.25) is 0 Å². The lowest BCUT2D eigenvalue weighted by molar-refractivity contribution is -0.192. The van der Waals surface area contributed by atoms with E-state index in [1.54, 1.807) is 13.3 Å². The first-order valence-electron chi connectivity index (χ1n) is 9.70. The van der Waals surface area contributed by atoms with E-state index in [0.29, 0.717) is 18.2 Å². The second-order valence-corrected chi connectivity index (χ2v) is 7.29. The van der Waals surface area contributed by atoms with E-state index in [1.807, 2.05) is 30.0 Å². The Morgan fingerprint density at radius 1 is 1.23 bits per heavy atom. The minimum absolute atomic E-state index is 0.0197. The lowest BCUT2D eigenvalue weighted by Gasteiger charge is -2.38. The van der Waals surface area contributed by atoms with Gasteiger partial charge in [-0.3, -0.25) is 9.78 Å². The fraction of sp³-hybridized carbons (Fsp3) is 0.409. The fourth-order valence-corrected chi connectivity index (χ4v) is 3.43. The lowest BCUT2D eigenvalue weighted by atomic mass is 9.88. The number of aromatic nitrogens is 1. The lowest BCUT2D eigenvalue weighted by Crippen LogP contribution is -2.47. The predicted molar refractivity (Wildman–Crippen MR) is 108 cm³/mol. The molecule has 31 heavy (non-hydrogen) atoms. The number of aliphatic carboxylic acids is 1. The Balaban J connectivity index is 0.000000423. The summed E-state index contributed by atoms with van der Waals surface area (Å²) < 4.78 is 37.4. The first-order valence-corrected chi connectivity index (χ1v) is 9.70. The van der Waals surface area contributed by atoms with Crippen molar-refractivity contribution in [2.75, 3.05) is 20.2 Å². The molecule has 168 valence electrons. The maximum Gasteiger partial charge on any atom is 0.490 e. The molecule has 0 saturated carbocycles. The van der Waals surface area contributed by atoms with E-state index >= 15 is 0 Å². The third-order valence-corrected chi connectivity index (χ3v) is 4.97. The zero-order valence-electron chi connectivity index (χ0n) is 17.3. The van der Waals surface area contributed by atoms with Crippen molar-refractivity contribution >= 4 is 11.9 Å². The largest absolute Gasteiger partial charge is 0.490 e. The van der Waals surface area contributed by atoms with Crippen molar-refractivity contribution in [2.45, 2.75) is 32.0 Å². The zero-order valence-corrected chi connectivity index (χ0v) is 17.3. The number of ether oxygens (including phenoxy) is 1. The molecule has 1 saturated heterocycles. The summed E-state index contributed by atoms with van der Waals surface area (Å²) in [5.74, 6) is -2.43. The van der Waals surface area contributed by atoms with Crippen LogP contribution in [0, 0.1) is 12.8 Å². The summed E-state index contributed by atoms with van der Waals surface area (Å²) in [6, 6.07) is 14.2. The van der Waals surface area contributed by atoms with Crippen molar-refractivity contribution in [1.82, 2.24) is 9.88 Å². The van der Waals surface area contributed by atoms with Gasteiger partial charge in [0, 0.05) is 32.3 Å². The number of hydrogen-bond donors (Lipinski definition) is 1. The highest BCUT2D eigenvalue weighted by Gasteiger charge is 2.38. The van der Waals surface area contributed by atoms with Crippen LogP contribution in [0.5, 0.6) is 0 Å². The average Bonchev–Trinajstić information content (AvgIpc) is 2.73. The number of alkyl halides is 3. The van der Waals surface area contributed by atoms with Crippen molar-refractivity contribution in [3.63, 3.8) is 0 Å². The number of nitrogens with zero attached hydrogens (tertiary/aromatic N) is 2. The Labute approximate surface area is 178 Å². The quantitative estimate of drug-likeness (QED) is 0.787. The third-order valence-electron chi connectivity index (χ3n) is 4.97. The number of methoxy groups -OCH3 is 1. The molecule has 1 aliphatic heterocycles. The maximum absolute atomic E-state index is 12.8. The van der Waals surface area contributed by atoms with Gasteiger partial charge in [-0.05, 0) is 43.0 Å². The van der Waals surface area contributed by atoms with Gasteiger partial charge < -0.3 is 14.7 Å². The number of carboxylic acids is 1. The molecule has 3 rings (SSSR count). The van der Waals surface area contributed by atoms with Crippen molar-refractivity contribution in [1.29, 1.82) is 0 Å². The van der Waals surface area contributed by atoms with Crippen molar-refractivity contribution < 1.29 is 32.6 Å². The number of carbonyl (C=O) groups is 2. The van der Waals surface area contributed by atoms with Gasteiger partial charge in [-0.15, -0.1) is 0 Å². The average molecular weight is 438 g/mol. The highest BCUT2D eigenvalue weighted by Crippen LogP contribution is 2.24. The van der Waals surface area contributed by atoms with Crippen LogP contribution in [-0.2, 0) is 16.0 Å². The second-order valence-electron chi connectivity index (χ2n) is 7.29. The minimum atomic E-state index is -5.08. The Morgan fingerprint density at radius 2 is 1.87 bits per heavy atom. The second kappa shape index (κ2) is 10.9. The number of pyridine rings is 1. The van der Waals surface area contributed by atoms with Gasteiger partial charge in [0.25, 0.3) is 5.91 Å². The molecule has 0 unspecified atom stereocenters. The monoisotopic (exact) mass is 438 g/mol. The highest BCUT2D eigenvalue weighted by atomic mass is 19.4. The van der Waals surface area contributed by atoms with E-state index in [1.165, 1.54) is 5.56 Å². The summed E-state index contributed by atoms with van der Waals surface area (Å²) in [5, 5.41) is 7.12. The molecule has 1 N–H and O–H groups in total. The summed E-state index contributed by atoms with van der Waals surface area (Å²) in [4.78, 5) is 27.8. The summed E-state index contributed by atoms with van der Waals surface area (Å²) in [5.41, 5.74) is 2.87. The number of benzene rings is 1. The predicted octanol–water partition coefficient (Wildman–Crippen LogP) is 3.74. The van der Waals surface area contributed by atoms with E-state index in [9.17, 15) is 18.0 Å².